The van der Waals surface area contributed by atoms with Crippen LogP contribution in [0.5, 0.6) is 0 Å². The summed E-state index contributed by atoms with van der Waals surface area (Å²) in [7, 11) is 1.32. The minimum absolute atomic E-state index is 0.277. The Balaban J connectivity index is 2.19. The summed E-state index contributed by atoms with van der Waals surface area (Å²) in [5, 5.41) is 4.65. The van der Waals surface area contributed by atoms with Crippen LogP contribution in [0.3, 0.4) is 0 Å². The number of hydrogen-bond acceptors (Lipinski definition) is 5. The molecule has 3 aromatic rings. The second-order valence-corrected chi connectivity index (χ2v) is 7.55. The third kappa shape index (κ3) is 3.82. The lowest BCUT2D eigenvalue weighted by atomic mass is 10.1. The number of nitrogens with zero attached hydrogens (tertiary/aromatic N) is 3. The van der Waals surface area contributed by atoms with Gasteiger partial charge in [0.2, 0.25) is 0 Å². The largest absolute Gasteiger partial charge is 0.467 e. The highest BCUT2D eigenvalue weighted by atomic mass is 35.5. The molecule has 0 saturated carbocycles. The molecule has 0 aliphatic heterocycles. The number of carbonyl (C=O) groups is 1. The van der Waals surface area contributed by atoms with Crippen LogP contribution in [-0.2, 0) is 14.3 Å². The molecular formula is C20H22ClN3O3. The number of rotatable bonds is 4. The fourth-order valence-electron chi connectivity index (χ4n) is 2.88. The third-order valence-corrected chi connectivity index (χ3v) is 4.41. The fourth-order valence-corrected chi connectivity index (χ4v) is 3.24. The van der Waals surface area contributed by atoms with Gasteiger partial charge in [-0.2, -0.15) is 5.10 Å². The van der Waals surface area contributed by atoms with Crippen LogP contribution in [0.1, 0.15) is 38.1 Å². The second kappa shape index (κ2) is 7.29. The SMILES string of the molecule is COC(=O)C(OC(C)(C)C)c1c(C)nc2c(-c3ccccc3)cnn2c1Cl. The average Bonchev–Trinajstić information content (AvgIpc) is 3.03. The van der Waals surface area contributed by atoms with E-state index in [2.05, 4.69) is 10.1 Å². The Morgan fingerprint density at radius 3 is 2.48 bits per heavy atom. The molecule has 7 heteroatoms. The van der Waals surface area contributed by atoms with Gasteiger partial charge >= 0.3 is 5.97 Å². The van der Waals surface area contributed by atoms with Crippen molar-refractivity contribution in [3.63, 3.8) is 0 Å². The monoisotopic (exact) mass is 387 g/mol. The summed E-state index contributed by atoms with van der Waals surface area (Å²) in [6.07, 6.45) is 0.716. The molecule has 3 rings (SSSR count). The first-order valence-electron chi connectivity index (χ1n) is 8.57. The zero-order valence-corrected chi connectivity index (χ0v) is 16.7. The highest BCUT2D eigenvalue weighted by molar-refractivity contribution is 6.31. The maximum absolute atomic E-state index is 12.4. The zero-order valence-electron chi connectivity index (χ0n) is 16.0. The van der Waals surface area contributed by atoms with Crippen LogP contribution in [0, 0.1) is 6.92 Å². The number of halogens is 1. The van der Waals surface area contributed by atoms with Crippen molar-refractivity contribution < 1.29 is 14.3 Å². The van der Waals surface area contributed by atoms with E-state index in [1.165, 1.54) is 11.6 Å². The molecule has 0 fully saturated rings. The van der Waals surface area contributed by atoms with Crippen LogP contribution < -0.4 is 0 Å². The molecule has 0 bridgehead atoms. The maximum atomic E-state index is 12.4. The molecule has 142 valence electrons. The Morgan fingerprint density at radius 2 is 1.89 bits per heavy atom. The molecule has 0 amide bonds. The van der Waals surface area contributed by atoms with Crippen molar-refractivity contribution in [2.75, 3.05) is 7.11 Å². The highest BCUT2D eigenvalue weighted by Gasteiger charge is 2.33. The Hall–Kier alpha value is -2.44. The van der Waals surface area contributed by atoms with Crippen LogP contribution in [0.2, 0.25) is 5.15 Å². The van der Waals surface area contributed by atoms with E-state index < -0.39 is 17.7 Å². The summed E-state index contributed by atoms with van der Waals surface area (Å²) in [6.45, 7) is 7.38. The van der Waals surface area contributed by atoms with Gasteiger partial charge in [-0.15, -0.1) is 0 Å². The fraction of sp³-hybridized carbons (Fsp3) is 0.350. The molecule has 0 spiro atoms. The summed E-state index contributed by atoms with van der Waals surface area (Å²) < 4.78 is 12.4. The zero-order chi connectivity index (χ0) is 19.8. The lowest BCUT2D eigenvalue weighted by Crippen LogP contribution is -2.29. The molecule has 27 heavy (non-hydrogen) atoms. The van der Waals surface area contributed by atoms with E-state index in [1.54, 1.807) is 13.1 Å². The molecule has 1 aromatic carbocycles. The van der Waals surface area contributed by atoms with Crippen molar-refractivity contribution in [1.82, 2.24) is 14.6 Å². The van der Waals surface area contributed by atoms with Gasteiger partial charge in [-0.3, -0.25) is 0 Å². The predicted octanol–water partition coefficient (Wildman–Crippen LogP) is 4.39. The van der Waals surface area contributed by atoms with E-state index in [9.17, 15) is 4.79 Å². The number of aromatic nitrogens is 3. The van der Waals surface area contributed by atoms with Gasteiger partial charge in [0.05, 0.1) is 24.5 Å². The van der Waals surface area contributed by atoms with Crippen LogP contribution in [0.15, 0.2) is 36.5 Å². The topological polar surface area (TPSA) is 65.7 Å². The summed E-state index contributed by atoms with van der Waals surface area (Å²) in [5.41, 5.74) is 2.92. The van der Waals surface area contributed by atoms with Crippen molar-refractivity contribution in [2.45, 2.75) is 39.4 Å². The molecule has 0 N–H and O–H groups in total. The second-order valence-electron chi connectivity index (χ2n) is 7.19. The quantitative estimate of drug-likeness (QED) is 0.490. The number of benzene rings is 1. The van der Waals surface area contributed by atoms with Gasteiger partial charge in [0.1, 0.15) is 5.15 Å². The molecule has 2 heterocycles. The number of esters is 1. The van der Waals surface area contributed by atoms with Gasteiger partial charge in [-0.25, -0.2) is 14.3 Å². The van der Waals surface area contributed by atoms with Crippen molar-refractivity contribution >= 4 is 23.2 Å². The summed E-state index contributed by atoms with van der Waals surface area (Å²) in [6, 6.07) is 9.81. The molecule has 0 radical (unpaired) electrons. The Bertz CT molecular complexity index is 978. The van der Waals surface area contributed by atoms with Gasteiger partial charge in [-0.1, -0.05) is 41.9 Å². The average molecular weight is 388 g/mol. The number of hydrogen-bond donors (Lipinski definition) is 0. The smallest absolute Gasteiger partial charge is 0.339 e. The van der Waals surface area contributed by atoms with Crippen LogP contribution >= 0.6 is 11.6 Å². The van der Waals surface area contributed by atoms with Gasteiger partial charge in [0.25, 0.3) is 0 Å². The Labute approximate surface area is 163 Å². The number of ether oxygens (including phenoxy) is 2. The third-order valence-electron chi connectivity index (χ3n) is 4.05. The number of carbonyl (C=O) groups excluding carboxylic acids is 1. The molecule has 0 saturated heterocycles. The van der Waals surface area contributed by atoms with E-state index in [-0.39, 0.29) is 5.15 Å². The van der Waals surface area contributed by atoms with Gasteiger partial charge < -0.3 is 9.47 Å². The molecular weight excluding hydrogens is 366 g/mol. The minimum atomic E-state index is -0.997. The Morgan fingerprint density at radius 1 is 1.22 bits per heavy atom. The van der Waals surface area contributed by atoms with Gasteiger partial charge in [-0.05, 0) is 33.3 Å². The molecule has 6 nitrogen and oxygen atoms in total. The molecule has 2 aromatic heterocycles. The van der Waals surface area contributed by atoms with Crippen LogP contribution in [-0.4, -0.2) is 33.3 Å². The summed E-state index contributed by atoms with van der Waals surface area (Å²) >= 11 is 6.64. The normalized spacial score (nSPS) is 13.0. The molecule has 0 aliphatic rings. The van der Waals surface area contributed by atoms with E-state index in [0.717, 1.165) is 11.1 Å². The van der Waals surface area contributed by atoms with Crippen molar-refractivity contribution in [3.8, 4) is 11.1 Å². The van der Waals surface area contributed by atoms with Crippen LogP contribution in [0.25, 0.3) is 16.8 Å². The van der Waals surface area contributed by atoms with E-state index >= 15 is 0 Å². The van der Waals surface area contributed by atoms with Crippen LogP contribution in [0.4, 0.5) is 0 Å². The molecule has 1 unspecified atom stereocenters. The van der Waals surface area contributed by atoms with Crippen molar-refractivity contribution in [3.05, 3.63) is 52.9 Å². The predicted molar refractivity (Wildman–Crippen MR) is 104 cm³/mol. The number of methoxy groups -OCH3 is 1. The van der Waals surface area contributed by atoms with E-state index in [0.29, 0.717) is 16.9 Å². The lowest BCUT2D eigenvalue weighted by Gasteiger charge is -2.27. The van der Waals surface area contributed by atoms with Gasteiger partial charge in [0, 0.05) is 11.3 Å². The van der Waals surface area contributed by atoms with Gasteiger partial charge in [0.15, 0.2) is 11.8 Å². The molecule has 1 atom stereocenters. The highest BCUT2D eigenvalue weighted by Crippen LogP contribution is 2.34. The van der Waals surface area contributed by atoms with E-state index in [4.69, 9.17) is 21.1 Å². The summed E-state index contributed by atoms with van der Waals surface area (Å²) in [4.78, 5) is 17.1. The standard InChI is InChI=1S/C20H22ClN3O3/c1-12-15(16(19(25)26-5)27-20(2,3)4)17(21)24-18(23-12)14(11-22-24)13-9-7-6-8-10-13/h6-11,16H,1-5H3. The summed E-state index contributed by atoms with van der Waals surface area (Å²) in [5.74, 6) is -0.536. The lowest BCUT2D eigenvalue weighted by molar-refractivity contribution is -0.164. The first-order chi connectivity index (χ1) is 12.7. The maximum Gasteiger partial charge on any atom is 0.339 e. The first kappa shape index (κ1) is 19.3. The number of fused-ring (bicyclic) bond motifs is 1. The minimum Gasteiger partial charge on any atom is -0.467 e. The van der Waals surface area contributed by atoms with Crippen molar-refractivity contribution in [1.29, 1.82) is 0 Å². The van der Waals surface area contributed by atoms with E-state index in [1.807, 2.05) is 51.1 Å². The first-order valence-corrected chi connectivity index (χ1v) is 8.95. The van der Waals surface area contributed by atoms with Crippen molar-refractivity contribution in [2.24, 2.45) is 0 Å². The number of aryl methyl sites for hydroxylation is 1. The molecule has 0 aliphatic carbocycles. The Kier molecular flexibility index (Phi) is 5.22.